The molecule has 0 fully saturated rings. The fourth-order valence-electron chi connectivity index (χ4n) is 3.75. The first kappa shape index (κ1) is 18.3. The van der Waals surface area contributed by atoms with E-state index in [-0.39, 0.29) is 11.5 Å². The van der Waals surface area contributed by atoms with Crippen LogP contribution in [-0.4, -0.2) is 24.2 Å². The second-order valence-electron chi connectivity index (χ2n) is 7.17. The van der Waals surface area contributed by atoms with Gasteiger partial charge in [-0.3, -0.25) is 14.2 Å². The molecule has 0 saturated heterocycles. The number of nitrogens with zero attached hydrogens (tertiary/aromatic N) is 4. The maximum atomic E-state index is 13.3. The molecule has 2 aromatic carbocycles. The van der Waals surface area contributed by atoms with Crippen molar-refractivity contribution in [2.45, 2.75) is 13.6 Å². The number of rotatable bonds is 1. The van der Waals surface area contributed by atoms with E-state index in [0.717, 1.165) is 27.0 Å². The number of halogens is 1. The van der Waals surface area contributed by atoms with Crippen LogP contribution in [0.4, 0.5) is 11.4 Å². The van der Waals surface area contributed by atoms with Crippen molar-refractivity contribution in [1.29, 1.82) is 0 Å². The molecule has 2 aliphatic heterocycles. The molecule has 146 valence electrons. The molecule has 0 bridgehead atoms. The third-order valence-electron chi connectivity index (χ3n) is 5.25. The average molecular weight is 469 g/mol. The lowest BCUT2D eigenvalue weighted by molar-refractivity contribution is -0.112. The number of hydrogen-bond donors (Lipinski definition) is 0. The molecule has 1 amide bonds. The van der Waals surface area contributed by atoms with E-state index in [1.807, 2.05) is 54.3 Å². The lowest BCUT2D eigenvalue weighted by Crippen LogP contribution is -2.43. The smallest absolute Gasteiger partial charge is 0.272 e. The maximum Gasteiger partial charge on any atom is 0.272 e. The van der Waals surface area contributed by atoms with Crippen molar-refractivity contribution in [1.82, 2.24) is 4.57 Å². The van der Waals surface area contributed by atoms with Gasteiger partial charge in [0.2, 0.25) is 0 Å². The van der Waals surface area contributed by atoms with Crippen LogP contribution in [0.3, 0.4) is 0 Å². The fraction of sp³-hybridized carbons (Fsp3) is 0.190. The number of carbonyl (C=O) groups excluding carboxylic acids is 1. The quantitative estimate of drug-likeness (QED) is 0.550. The van der Waals surface area contributed by atoms with Gasteiger partial charge in [-0.15, -0.1) is 0 Å². The van der Waals surface area contributed by atoms with Crippen molar-refractivity contribution in [3.8, 4) is 0 Å². The highest BCUT2D eigenvalue weighted by Gasteiger charge is 2.32. The summed E-state index contributed by atoms with van der Waals surface area (Å²) < 4.78 is 3.08. The largest absolute Gasteiger partial charge is 0.334 e. The van der Waals surface area contributed by atoms with Crippen molar-refractivity contribution in [3.63, 3.8) is 0 Å². The van der Waals surface area contributed by atoms with Gasteiger partial charge in [0.05, 0.1) is 11.3 Å². The molecule has 6 nitrogen and oxygen atoms in total. The molecule has 5 rings (SSSR count). The second-order valence-corrected chi connectivity index (χ2v) is 9.06. The van der Waals surface area contributed by atoms with Gasteiger partial charge < -0.3 is 9.80 Å². The molecule has 0 radical (unpaired) electrons. The fourth-order valence-corrected chi connectivity index (χ4v) is 5.19. The number of fused-ring (bicyclic) bond motifs is 2. The van der Waals surface area contributed by atoms with E-state index in [9.17, 15) is 9.59 Å². The summed E-state index contributed by atoms with van der Waals surface area (Å²) in [7, 11) is 1.74. The average Bonchev–Trinajstić information content (AvgIpc) is 3.15. The Morgan fingerprint density at radius 2 is 1.97 bits per heavy atom. The Hall–Kier alpha value is -2.71. The van der Waals surface area contributed by atoms with Crippen molar-refractivity contribution >= 4 is 50.1 Å². The molecule has 3 heterocycles. The molecule has 0 spiro atoms. The van der Waals surface area contributed by atoms with Crippen LogP contribution in [0.2, 0.25) is 0 Å². The molecule has 0 atom stereocenters. The van der Waals surface area contributed by atoms with Crippen LogP contribution in [0.5, 0.6) is 0 Å². The first-order valence-electron chi connectivity index (χ1n) is 9.12. The van der Waals surface area contributed by atoms with Gasteiger partial charge in [0, 0.05) is 22.8 Å². The molecular formula is C21H17BrN4O2S. The standard InChI is InChI=1S/C21H17BrN4O2S/c1-12-6-7-16-15(8-12)17(19(27)24(16)2)18-20(28)26-11-25(10-23-21(26)29-18)14-5-3-4-13(22)9-14/h3-9H,10-11H2,1-2H3. The molecule has 1 aromatic heterocycles. The Labute approximate surface area is 179 Å². The minimum Gasteiger partial charge on any atom is -0.334 e. The van der Waals surface area contributed by atoms with Crippen molar-refractivity contribution in [2.24, 2.45) is 4.99 Å². The number of anilines is 2. The number of amides is 1. The molecule has 0 aliphatic carbocycles. The number of aryl methyl sites for hydroxylation is 1. The Balaban J connectivity index is 1.68. The predicted octanol–water partition coefficient (Wildman–Crippen LogP) is 2.21. The van der Waals surface area contributed by atoms with Gasteiger partial charge in [0.15, 0.2) is 4.80 Å². The Morgan fingerprint density at radius 1 is 1.14 bits per heavy atom. The summed E-state index contributed by atoms with van der Waals surface area (Å²) in [4.78, 5) is 35.1. The topological polar surface area (TPSA) is 57.9 Å². The molecule has 3 aromatic rings. The van der Waals surface area contributed by atoms with Gasteiger partial charge in [-0.1, -0.05) is 45.0 Å². The summed E-state index contributed by atoms with van der Waals surface area (Å²) >= 11 is 4.79. The monoisotopic (exact) mass is 468 g/mol. The summed E-state index contributed by atoms with van der Waals surface area (Å²) in [6.07, 6.45) is 0. The molecule has 29 heavy (non-hydrogen) atoms. The maximum absolute atomic E-state index is 13.3. The van der Waals surface area contributed by atoms with Crippen LogP contribution < -0.4 is 24.7 Å². The summed E-state index contributed by atoms with van der Waals surface area (Å²) in [5.41, 5.74) is 4.00. The zero-order chi connectivity index (χ0) is 20.3. The molecule has 0 unspecified atom stereocenters. The van der Waals surface area contributed by atoms with Crippen LogP contribution in [0.1, 0.15) is 11.1 Å². The van der Waals surface area contributed by atoms with Gasteiger partial charge in [0.25, 0.3) is 11.5 Å². The predicted molar refractivity (Wildman–Crippen MR) is 118 cm³/mol. The molecular weight excluding hydrogens is 452 g/mol. The van der Waals surface area contributed by atoms with Crippen molar-refractivity contribution < 1.29 is 4.79 Å². The number of likely N-dealkylation sites (N-methyl/N-ethyl adjacent to an activating group) is 1. The van der Waals surface area contributed by atoms with E-state index in [1.54, 1.807) is 16.5 Å². The molecule has 8 heteroatoms. The normalized spacial score (nSPS) is 17.3. The number of thiazole rings is 1. The summed E-state index contributed by atoms with van der Waals surface area (Å²) in [5.74, 6) is -0.147. The van der Waals surface area contributed by atoms with E-state index in [4.69, 9.17) is 0 Å². The highest BCUT2D eigenvalue weighted by atomic mass is 79.9. The molecule has 2 aliphatic rings. The van der Waals surface area contributed by atoms with Gasteiger partial charge in [0.1, 0.15) is 17.9 Å². The Morgan fingerprint density at radius 3 is 2.76 bits per heavy atom. The first-order chi connectivity index (χ1) is 13.9. The van der Waals surface area contributed by atoms with Crippen LogP contribution in [0, 0.1) is 6.92 Å². The van der Waals surface area contributed by atoms with E-state index in [2.05, 4.69) is 20.9 Å². The van der Waals surface area contributed by atoms with Gasteiger partial charge in [-0.2, -0.15) is 0 Å². The minimum atomic E-state index is -0.167. The van der Waals surface area contributed by atoms with E-state index in [0.29, 0.717) is 28.2 Å². The highest BCUT2D eigenvalue weighted by Crippen LogP contribution is 2.34. The lowest BCUT2D eigenvalue weighted by Gasteiger charge is -2.25. The zero-order valence-corrected chi connectivity index (χ0v) is 18.2. The molecule has 0 N–H and O–H groups in total. The van der Waals surface area contributed by atoms with Crippen LogP contribution in [0.15, 0.2) is 56.7 Å². The van der Waals surface area contributed by atoms with E-state index < -0.39 is 0 Å². The van der Waals surface area contributed by atoms with Crippen molar-refractivity contribution in [2.75, 3.05) is 23.5 Å². The number of aromatic nitrogens is 1. The van der Waals surface area contributed by atoms with E-state index in [1.165, 1.54) is 11.3 Å². The van der Waals surface area contributed by atoms with Gasteiger partial charge in [-0.05, 0) is 37.3 Å². The number of hydrogen-bond acceptors (Lipinski definition) is 5. The number of benzene rings is 2. The van der Waals surface area contributed by atoms with Crippen molar-refractivity contribution in [3.05, 3.63) is 77.8 Å². The van der Waals surface area contributed by atoms with Crippen LogP contribution in [0.25, 0.3) is 5.57 Å². The van der Waals surface area contributed by atoms with Gasteiger partial charge >= 0.3 is 0 Å². The third kappa shape index (κ3) is 2.86. The van der Waals surface area contributed by atoms with Crippen LogP contribution in [-0.2, 0) is 11.5 Å². The van der Waals surface area contributed by atoms with Gasteiger partial charge in [-0.25, -0.2) is 4.99 Å². The lowest BCUT2D eigenvalue weighted by atomic mass is 10.1. The summed E-state index contributed by atoms with van der Waals surface area (Å²) in [6.45, 7) is 2.86. The third-order valence-corrected chi connectivity index (χ3v) is 6.86. The molecule has 0 saturated carbocycles. The first-order valence-corrected chi connectivity index (χ1v) is 10.7. The summed E-state index contributed by atoms with van der Waals surface area (Å²) in [6, 6.07) is 13.8. The summed E-state index contributed by atoms with van der Waals surface area (Å²) in [5, 5.41) is 0. The zero-order valence-electron chi connectivity index (χ0n) is 15.8. The number of carbonyl (C=O) groups is 1. The highest BCUT2D eigenvalue weighted by molar-refractivity contribution is 9.10. The second kappa shape index (κ2) is 6.67. The Kier molecular flexibility index (Phi) is 4.22. The minimum absolute atomic E-state index is 0.147. The van der Waals surface area contributed by atoms with Crippen LogP contribution >= 0.6 is 27.3 Å². The Bertz CT molecular complexity index is 1360. The SMILES string of the molecule is Cc1ccc2c(c1)C(=c1sc3n(c1=O)CN(c1cccc(Br)c1)CN=3)C(=O)N2C. The van der Waals surface area contributed by atoms with E-state index >= 15 is 0 Å².